The number of hydrogen-bond donors (Lipinski definition) is 1. The van der Waals surface area contributed by atoms with Gasteiger partial charge in [-0.15, -0.1) is 0 Å². The Bertz CT molecular complexity index is 1390. The van der Waals surface area contributed by atoms with E-state index in [0.29, 0.717) is 23.7 Å². The van der Waals surface area contributed by atoms with E-state index in [4.69, 9.17) is 11.6 Å². The molecular weight excluding hydrogens is 546 g/mol. The van der Waals surface area contributed by atoms with Crippen LogP contribution < -0.4 is 9.62 Å². The molecule has 3 aromatic carbocycles. The van der Waals surface area contributed by atoms with Crippen LogP contribution in [-0.4, -0.2) is 44.3 Å². The van der Waals surface area contributed by atoms with E-state index in [1.807, 2.05) is 52.0 Å². The number of benzene rings is 3. The van der Waals surface area contributed by atoms with E-state index < -0.39 is 28.5 Å². The largest absolute Gasteiger partial charge is 0.354 e. The van der Waals surface area contributed by atoms with Crippen molar-refractivity contribution in [3.8, 4) is 0 Å². The van der Waals surface area contributed by atoms with E-state index in [0.717, 1.165) is 33.8 Å². The minimum atomic E-state index is -4.12. The highest BCUT2D eigenvalue weighted by Gasteiger charge is 2.33. The van der Waals surface area contributed by atoms with E-state index in [-0.39, 0.29) is 17.3 Å². The van der Waals surface area contributed by atoms with Crippen LogP contribution in [0.15, 0.2) is 77.7 Å². The second-order valence-corrected chi connectivity index (χ2v) is 12.1. The van der Waals surface area contributed by atoms with Gasteiger partial charge in [0.05, 0.1) is 10.6 Å². The summed E-state index contributed by atoms with van der Waals surface area (Å²) < 4.78 is 28.9. The van der Waals surface area contributed by atoms with Crippen LogP contribution in [0.2, 0.25) is 5.02 Å². The van der Waals surface area contributed by atoms with Gasteiger partial charge in [0.1, 0.15) is 12.6 Å². The molecule has 0 heterocycles. The molecule has 0 fully saturated rings. The summed E-state index contributed by atoms with van der Waals surface area (Å²) >= 11 is 6.09. The molecule has 3 rings (SSSR count). The molecule has 1 atom stereocenters. The number of carbonyl (C=O) groups excluding carboxylic acids is 2. The third-order valence-corrected chi connectivity index (χ3v) is 8.86. The zero-order chi connectivity index (χ0) is 29.3. The monoisotopic (exact) mass is 583 g/mol. The average molecular weight is 584 g/mol. The number of amides is 2. The predicted molar refractivity (Wildman–Crippen MR) is 161 cm³/mol. The van der Waals surface area contributed by atoms with Gasteiger partial charge in [-0.05, 0) is 74.2 Å². The Hall–Kier alpha value is -3.36. The highest BCUT2D eigenvalue weighted by molar-refractivity contribution is 7.92. The van der Waals surface area contributed by atoms with Crippen molar-refractivity contribution in [2.75, 3.05) is 17.4 Å². The molecule has 0 aliphatic rings. The standard InChI is InChI=1S/C31H38ClN3O4S/c1-5-7-20-33-31(37)29(6-2)34(21-25-11-9-8-10-24(25)4)30(36)22-35(27-16-14-26(32)15-17-27)40(38,39)28-18-12-23(3)13-19-28/h8-19,29H,5-7,20-22H2,1-4H3,(H,33,37)/t29-/m1/s1. The van der Waals surface area contributed by atoms with E-state index in [9.17, 15) is 18.0 Å². The van der Waals surface area contributed by atoms with Crippen molar-refractivity contribution in [1.29, 1.82) is 0 Å². The molecule has 0 unspecified atom stereocenters. The SMILES string of the molecule is CCCCNC(=O)[C@@H](CC)N(Cc1ccccc1C)C(=O)CN(c1ccc(Cl)cc1)S(=O)(=O)c1ccc(C)cc1. The molecule has 2 amide bonds. The first-order chi connectivity index (χ1) is 19.1. The molecule has 9 heteroatoms. The Morgan fingerprint density at radius 3 is 2.17 bits per heavy atom. The molecule has 0 aromatic heterocycles. The molecule has 1 N–H and O–H groups in total. The first-order valence-electron chi connectivity index (χ1n) is 13.5. The van der Waals surface area contributed by atoms with Crippen LogP contribution in [0, 0.1) is 13.8 Å². The Labute approximate surface area is 243 Å². The van der Waals surface area contributed by atoms with Gasteiger partial charge < -0.3 is 10.2 Å². The van der Waals surface area contributed by atoms with Crippen LogP contribution in [0.3, 0.4) is 0 Å². The van der Waals surface area contributed by atoms with Gasteiger partial charge in [-0.3, -0.25) is 13.9 Å². The van der Waals surface area contributed by atoms with Crippen molar-refractivity contribution in [2.45, 2.75) is 64.4 Å². The third-order valence-electron chi connectivity index (χ3n) is 6.82. The molecule has 0 saturated carbocycles. The van der Waals surface area contributed by atoms with Crippen LogP contribution in [0.1, 0.15) is 49.8 Å². The number of aryl methyl sites for hydroxylation is 2. The lowest BCUT2D eigenvalue weighted by Crippen LogP contribution is -2.52. The Balaban J connectivity index is 2.04. The molecule has 0 aliphatic heterocycles. The quantitative estimate of drug-likeness (QED) is 0.255. The maximum Gasteiger partial charge on any atom is 0.264 e. The highest BCUT2D eigenvalue weighted by atomic mass is 35.5. The van der Waals surface area contributed by atoms with Gasteiger partial charge in [0, 0.05) is 18.1 Å². The third kappa shape index (κ3) is 7.86. The van der Waals surface area contributed by atoms with Crippen LogP contribution in [-0.2, 0) is 26.2 Å². The number of halogens is 1. The average Bonchev–Trinajstić information content (AvgIpc) is 2.93. The van der Waals surface area contributed by atoms with Crippen LogP contribution in [0.25, 0.3) is 0 Å². The van der Waals surface area contributed by atoms with Crippen LogP contribution >= 0.6 is 11.6 Å². The smallest absolute Gasteiger partial charge is 0.264 e. The maximum absolute atomic E-state index is 14.1. The van der Waals surface area contributed by atoms with Gasteiger partial charge in [0.2, 0.25) is 11.8 Å². The van der Waals surface area contributed by atoms with Crippen LogP contribution in [0.5, 0.6) is 0 Å². The first-order valence-corrected chi connectivity index (χ1v) is 15.4. The summed E-state index contributed by atoms with van der Waals surface area (Å²) in [7, 11) is -4.12. The van der Waals surface area contributed by atoms with Crippen molar-refractivity contribution in [3.63, 3.8) is 0 Å². The molecule has 3 aromatic rings. The predicted octanol–water partition coefficient (Wildman–Crippen LogP) is 5.88. The molecular formula is C31H38ClN3O4S. The zero-order valence-corrected chi connectivity index (χ0v) is 25.1. The molecule has 0 radical (unpaired) electrons. The summed E-state index contributed by atoms with van der Waals surface area (Å²) in [6.07, 6.45) is 2.13. The number of sulfonamides is 1. The summed E-state index contributed by atoms with van der Waals surface area (Å²) in [5.41, 5.74) is 3.07. The topological polar surface area (TPSA) is 86.8 Å². The normalized spacial score (nSPS) is 12.0. The van der Waals surface area contributed by atoms with Gasteiger partial charge in [0.25, 0.3) is 10.0 Å². The van der Waals surface area contributed by atoms with Crippen molar-refractivity contribution in [2.24, 2.45) is 0 Å². The lowest BCUT2D eigenvalue weighted by molar-refractivity contribution is -0.140. The number of hydrogen-bond acceptors (Lipinski definition) is 4. The summed E-state index contributed by atoms with van der Waals surface area (Å²) in [6.45, 7) is 7.90. The Kier molecular flexibility index (Phi) is 11.2. The minimum Gasteiger partial charge on any atom is -0.354 e. The second kappa shape index (κ2) is 14.3. The molecule has 0 aliphatic carbocycles. The fourth-order valence-electron chi connectivity index (χ4n) is 4.37. The van der Waals surface area contributed by atoms with E-state index >= 15 is 0 Å². The summed E-state index contributed by atoms with van der Waals surface area (Å²) in [6, 6.07) is 19.7. The number of nitrogens with one attached hydrogen (secondary N) is 1. The molecule has 0 spiro atoms. The van der Waals surface area contributed by atoms with Gasteiger partial charge in [-0.1, -0.05) is 73.8 Å². The van der Waals surface area contributed by atoms with Crippen molar-refractivity contribution in [3.05, 3.63) is 94.5 Å². The minimum absolute atomic E-state index is 0.0654. The van der Waals surface area contributed by atoms with Gasteiger partial charge in [-0.2, -0.15) is 0 Å². The Morgan fingerprint density at radius 2 is 1.57 bits per heavy atom. The van der Waals surface area contributed by atoms with Crippen molar-refractivity contribution in [1.82, 2.24) is 10.2 Å². The Morgan fingerprint density at radius 1 is 0.925 bits per heavy atom. The van der Waals surface area contributed by atoms with E-state index in [2.05, 4.69) is 5.32 Å². The molecule has 214 valence electrons. The fraction of sp³-hybridized carbons (Fsp3) is 0.355. The van der Waals surface area contributed by atoms with Gasteiger partial charge >= 0.3 is 0 Å². The van der Waals surface area contributed by atoms with Gasteiger partial charge in [0.15, 0.2) is 0 Å². The number of unbranched alkanes of at least 4 members (excludes halogenated alkanes) is 1. The van der Waals surface area contributed by atoms with Crippen molar-refractivity contribution < 1.29 is 18.0 Å². The first kappa shape index (κ1) is 31.2. The van der Waals surface area contributed by atoms with E-state index in [1.54, 1.807) is 36.4 Å². The summed E-state index contributed by atoms with van der Waals surface area (Å²) in [5.74, 6) is -0.733. The number of carbonyl (C=O) groups is 2. The lowest BCUT2D eigenvalue weighted by atomic mass is 10.1. The molecule has 0 saturated heterocycles. The summed E-state index contributed by atoms with van der Waals surface area (Å²) in [5, 5.41) is 3.39. The maximum atomic E-state index is 14.1. The molecule has 0 bridgehead atoms. The second-order valence-electron chi connectivity index (χ2n) is 9.82. The van der Waals surface area contributed by atoms with E-state index in [1.165, 1.54) is 17.0 Å². The molecule has 40 heavy (non-hydrogen) atoms. The number of anilines is 1. The zero-order valence-electron chi connectivity index (χ0n) is 23.6. The number of nitrogens with zero attached hydrogens (tertiary/aromatic N) is 2. The fourth-order valence-corrected chi connectivity index (χ4v) is 5.91. The molecule has 7 nitrogen and oxygen atoms in total. The van der Waals surface area contributed by atoms with Crippen molar-refractivity contribution >= 4 is 39.1 Å². The summed E-state index contributed by atoms with van der Waals surface area (Å²) in [4.78, 5) is 28.9. The lowest BCUT2D eigenvalue weighted by Gasteiger charge is -2.33. The van der Waals surface area contributed by atoms with Crippen LogP contribution in [0.4, 0.5) is 5.69 Å². The number of rotatable bonds is 13. The van der Waals surface area contributed by atoms with Gasteiger partial charge in [-0.25, -0.2) is 8.42 Å². The highest BCUT2D eigenvalue weighted by Crippen LogP contribution is 2.26.